The number of nitrogens with one attached hydrogen (secondary N) is 2. The van der Waals surface area contributed by atoms with Crippen molar-refractivity contribution in [2.75, 3.05) is 5.32 Å². The first-order valence-corrected chi connectivity index (χ1v) is 7.81. The third kappa shape index (κ3) is 4.55. The van der Waals surface area contributed by atoms with Crippen molar-refractivity contribution in [3.8, 4) is 0 Å². The molecule has 3 aromatic rings. The van der Waals surface area contributed by atoms with E-state index in [9.17, 15) is 4.79 Å². The minimum Gasteiger partial charge on any atom is -0.352 e. The maximum atomic E-state index is 11.9. The fraction of sp³-hybridized carbons (Fsp3) is 0.133. The zero-order valence-corrected chi connectivity index (χ0v) is 13.0. The zero-order valence-electron chi connectivity index (χ0n) is 12.1. The summed E-state index contributed by atoms with van der Waals surface area (Å²) in [6, 6.07) is 5.47. The van der Waals surface area contributed by atoms with Gasteiger partial charge in [0, 0.05) is 36.7 Å². The summed E-state index contributed by atoms with van der Waals surface area (Å²) >= 11 is 1.41. The highest BCUT2D eigenvalue weighted by Gasteiger charge is 2.08. The van der Waals surface area contributed by atoms with Crippen LogP contribution in [0.2, 0.25) is 0 Å². The van der Waals surface area contributed by atoms with Crippen molar-refractivity contribution in [3.05, 3.63) is 59.6 Å². The Morgan fingerprint density at radius 2 is 1.91 bits per heavy atom. The third-order valence-electron chi connectivity index (χ3n) is 2.92. The molecule has 0 saturated carbocycles. The lowest BCUT2D eigenvalue weighted by molar-refractivity contribution is -0.120. The Morgan fingerprint density at radius 1 is 1.13 bits per heavy atom. The van der Waals surface area contributed by atoms with Crippen molar-refractivity contribution < 1.29 is 4.79 Å². The first kappa shape index (κ1) is 15.0. The Kier molecular flexibility index (Phi) is 4.85. The maximum absolute atomic E-state index is 11.9. The van der Waals surface area contributed by atoms with Gasteiger partial charge in [-0.2, -0.15) is 0 Å². The van der Waals surface area contributed by atoms with Gasteiger partial charge in [-0.15, -0.1) is 11.3 Å². The summed E-state index contributed by atoms with van der Waals surface area (Å²) in [6.45, 7) is 0.481. The number of hydrogen-bond donors (Lipinski definition) is 2. The Balaban J connectivity index is 1.51. The first-order valence-electron chi connectivity index (χ1n) is 6.93. The number of thiazole rings is 1. The quantitative estimate of drug-likeness (QED) is 0.719. The van der Waals surface area contributed by atoms with Gasteiger partial charge in [0.05, 0.1) is 12.1 Å². The van der Waals surface area contributed by atoms with Crippen LogP contribution in [0.15, 0.2) is 48.4 Å². The number of amides is 1. The molecule has 3 heterocycles. The first-order chi connectivity index (χ1) is 11.3. The average Bonchev–Trinajstić information content (AvgIpc) is 3.02. The van der Waals surface area contributed by atoms with Crippen molar-refractivity contribution in [2.45, 2.75) is 13.0 Å². The summed E-state index contributed by atoms with van der Waals surface area (Å²) in [6.07, 6.45) is 6.93. The molecule has 0 spiro atoms. The number of carbonyl (C=O) groups is 1. The number of carbonyl (C=O) groups excluding carboxylic acids is 1. The van der Waals surface area contributed by atoms with Gasteiger partial charge in [-0.3, -0.25) is 9.78 Å². The number of rotatable bonds is 6. The molecule has 0 atom stereocenters. The molecule has 7 nitrogen and oxygen atoms in total. The molecule has 0 radical (unpaired) electrons. The number of hydrogen-bond acceptors (Lipinski definition) is 7. The molecular formula is C15H14N6OS. The fourth-order valence-electron chi connectivity index (χ4n) is 1.83. The molecule has 0 aliphatic heterocycles. The third-order valence-corrected chi connectivity index (χ3v) is 3.72. The Hall–Kier alpha value is -2.87. The van der Waals surface area contributed by atoms with E-state index in [0.29, 0.717) is 23.3 Å². The molecule has 3 rings (SSSR count). The van der Waals surface area contributed by atoms with Crippen LogP contribution in [-0.4, -0.2) is 25.8 Å². The van der Waals surface area contributed by atoms with Crippen molar-refractivity contribution in [2.24, 2.45) is 0 Å². The van der Waals surface area contributed by atoms with Gasteiger partial charge in [0.25, 0.3) is 0 Å². The van der Waals surface area contributed by atoms with Crippen LogP contribution in [0.1, 0.15) is 11.3 Å². The second-order valence-corrected chi connectivity index (χ2v) is 5.51. The zero-order chi connectivity index (χ0) is 15.9. The Morgan fingerprint density at radius 3 is 2.70 bits per heavy atom. The van der Waals surface area contributed by atoms with E-state index in [2.05, 4.69) is 30.6 Å². The molecule has 8 heteroatoms. The second kappa shape index (κ2) is 7.41. The second-order valence-electron chi connectivity index (χ2n) is 4.65. The molecule has 3 aromatic heterocycles. The minimum atomic E-state index is -0.0744. The van der Waals surface area contributed by atoms with E-state index in [1.165, 1.54) is 11.3 Å². The molecule has 0 aliphatic rings. The van der Waals surface area contributed by atoms with E-state index in [0.717, 1.165) is 5.56 Å². The number of anilines is 2. The van der Waals surface area contributed by atoms with Crippen molar-refractivity contribution in [1.29, 1.82) is 0 Å². The monoisotopic (exact) mass is 326 g/mol. The van der Waals surface area contributed by atoms with Crippen LogP contribution in [0.3, 0.4) is 0 Å². The van der Waals surface area contributed by atoms with Gasteiger partial charge < -0.3 is 10.6 Å². The highest BCUT2D eigenvalue weighted by atomic mass is 32.1. The van der Waals surface area contributed by atoms with Gasteiger partial charge in [0.15, 0.2) is 5.13 Å². The minimum absolute atomic E-state index is 0.0744. The van der Waals surface area contributed by atoms with Crippen LogP contribution in [0.4, 0.5) is 11.1 Å². The predicted molar refractivity (Wildman–Crippen MR) is 87.2 cm³/mol. The normalized spacial score (nSPS) is 10.3. The van der Waals surface area contributed by atoms with Gasteiger partial charge in [-0.25, -0.2) is 15.0 Å². The maximum Gasteiger partial charge on any atom is 0.228 e. The summed E-state index contributed by atoms with van der Waals surface area (Å²) in [5.74, 6) is 0.408. The van der Waals surface area contributed by atoms with Crippen molar-refractivity contribution in [3.63, 3.8) is 0 Å². The van der Waals surface area contributed by atoms with Crippen LogP contribution in [0, 0.1) is 0 Å². The summed E-state index contributed by atoms with van der Waals surface area (Å²) in [4.78, 5) is 28.4. The average molecular weight is 326 g/mol. The summed E-state index contributed by atoms with van der Waals surface area (Å²) in [5.41, 5.74) is 1.72. The highest BCUT2D eigenvalue weighted by Crippen LogP contribution is 2.18. The molecule has 0 aromatic carbocycles. The highest BCUT2D eigenvalue weighted by molar-refractivity contribution is 7.13. The predicted octanol–water partition coefficient (Wildman–Crippen LogP) is 1.93. The summed E-state index contributed by atoms with van der Waals surface area (Å²) in [7, 11) is 0. The van der Waals surface area contributed by atoms with E-state index >= 15 is 0 Å². The van der Waals surface area contributed by atoms with E-state index in [-0.39, 0.29) is 12.3 Å². The smallest absolute Gasteiger partial charge is 0.228 e. The largest absolute Gasteiger partial charge is 0.352 e. The summed E-state index contributed by atoms with van der Waals surface area (Å²) in [5, 5.41) is 8.37. The number of nitrogens with zero attached hydrogens (tertiary/aromatic N) is 4. The van der Waals surface area contributed by atoms with Crippen molar-refractivity contribution >= 4 is 28.3 Å². The van der Waals surface area contributed by atoms with Crippen LogP contribution in [0.25, 0.3) is 0 Å². The summed E-state index contributed by atoms with van der Waals surface area (Å²) < 4.78 is 0. The van der Waals surface area contributed by atoms with E-state index in [1.807, 2.05) is 17.5 Å². The molecule has 0 saturated heterocycles. The lowest BCUT2D eigenvalue weighted by Gasteiger charge is -2.03. The van der Waals surface area contributed by atoms with Gasteiger partial charge in [0.1, 0.15) is 0 Å². The van der Waals surface area contributed by atoms with Gasteiger partial charge in [-0.1, -0.05) is 0 Å². The van der Waals surface area contributed by atoms with Gasteiger partial charge >= 0.3 is 0 Å². The van der Waals surface area contributed by atoms with Gasteiger partial charge in [-0.05, 0) is 23.8 Å². The van der Waals surface area contributed by atoms with Crippen LogP contribution >= 0.6 is 11.3 Å². The molecule has 0 aliphatic carbocycles. The Bertz CT molecular complexity index is 762. The molecule has 116 valence electrons. The molecule has 1 amide bonds. The SMILES string of the molecule is O=C(Cc1csc(Nc2ncccn2)n1)NCc1ccncc1. The van der Waals surface area contributed by atoms with Crippen molar-refractivity contribution in [1.82, 2.24) is 25.3 Å². The number of aromatic nitrogens is 4. The van der Waals surface area contributed by atoms with E-state index in [4.69, 9.17) is 0 Å². The van der Waals surface area contributed by atoms with E-state index in [1.54, 1.807) is 30.9 Å². The lowest BCUT2D eigenvalue weighted by Crippen LogP contribution is -2.24. The molecule has 0 bridgehead atoms. The fourth-order valence-corrected chi connectivity index (χ4v) is 2.54. The molecular weight excluding hydrogens is 312 g/mol. The van der Waals surface area contributed by atoms with Crippen LogP contribution in [-0.2, 0) is 17.8 Å². The van der Waals surface area contributed by atoms with Crippen LogP contribution < -0.4 is 10.6 Å². The lowest BCUT2D eigenvalue weighted by atomic mass is 10.2. The topological polar surface area (TPSA) is 92.7 Å². The van der Waals surface area contributed by atoms with E-state index < -0.39 is 0 Å². The standard InChI is InChI=1S/C15H14N6OS/c22-13(19-9-11-2-6-16-7-3-11)8-12-10-23-15(20-12)21-14-17-4-1-5-18-14/h1-7,10H,8-9H2,(H,19,22)(H,17,18,20,21). The molecule has 23 heavy (non-hydrogen) atoms. The molecule has 0 unspecified atom stereocenters. The molecule has 2 N–H and O–H groups in total. The number of pyridine rings is 1. The van der Waals surface area contributed by atoms with Crippen LogP contribution in [0.5, 0.6) is 0 Å². The van der Waals surface area contributed by atoms with Gasteiger partial charge in [0.2, 0.25) is 11.9 Å². The molecule has 0 fully saturated rings. The Labute approximate surface area is 136 Å².